The molecule has 2 heterocycles. The molecule has 17 heteroatoms. The van der Waals surface area contributed by atoms with Gasteiger partial charge in [0.2, 0.25) is 11.8 Å². The van der Waals surface area contributed by atoms with Gasteiger partial charge in [0.15, 0.2) is 0 Å². The van der Waals surface area contributed by atoms with Crippen LogP contribution in [0.25, 0.3) is 22.9 Å². The summed E-state index contributed by atoms with van der Waals surface area (Å²) in [4.78, 5) is 20.9. The van der Waals surface area contributed by atoms with Crippen LogP contribution in [0.15, 0.2) is 37.5 Å². The second-order valence-electron chi connectivity index (χ2n) is 7.79. The number of thioether (sulfide) groups is 2. The fraction of sp³-hybridized carbons (Fsp3) is 0.538. The predicted octanol–water partition coefficient (Wildman–Crippen LogP) is 4.37. The van der Waals surface area contributed by atoms with Crippen molar-refractivity contribution in [1.82, 2.24) is 20.4 Å². The van der Waals surface area contributed by atoms with Crippen molar-refractivity contribution in [2.75, 3.05) is 77.7 Å². The molecule has 0 atom stereocenters. The number of carbonyl (C=O) groups is 2. The molecule has 0 amide bonds. The van der Waals surface area contributed by atoms with Crippen molar-refractivity contribution in [1.29, 1.82) is 0 Å². The van der Waals surface area contributed by atoms with Crippen molar-refractivity contribution in [2.45, 2.75) is 30.2 Å². The summed E-state index contributed by atoms with van der Waals surface area (Å²) in [5.41, 5.74) is 2.47. The van der Waals surface area contributed by atoms with Gasteiger partial charge in [-0.05, 0) is 37.1 Å². The number of aldehydes is 1. The van der Waals surface area contributed by atoms with Crippen molar-refractivity contribution in [3.8, 4) is 22.9 Å². The van der Waals surface area contributed by atoms with Gasteiger partial charge in [-0.25, -0.2) is 0 Å². The number of ether oxygens (including phenoxy) is 4. The molecule has 0 saturated carbocycles. The molecule has 14 nitrogen and oxygen atoms in total. The minimum absolute atomic E-state index is 0.292. The Morgan fingerprint density at radius 2 is 1.21 bits per heavy atom. The summed E-state index contributed by atoms with van der Waals surface area (Å²) in [6, 6.07) is 5.73. The van der Waals surface area contributed by atoms with Crippen LogP contribution in [0, 0.1) is 0 Å². The first kappa shape index (κ1) is 37.9. The van der Waals surface area contributed by atoms with Gasteiger partial charge in [-0.1, -0.05) is 30.4 Å². The maximum absolute atomic E-state index is 9.97. The second kappa shape index (κ2) is 25.4. The number of nitrogens with zero attached hydrogens (tertiary/aromatic N) is 4. The van der Waals surface area contributed by atoms with Crippen LogP contribution in [-0.4, -0.2) is 106 Å². The van der Waals surface area contributed by atoms with E-state index >= 15 is 0 Å². The molecule has 0 aliphatic heterocycles. The predicted molar refractivity (Wildman–Crippen MR) is 159 cm³/mol. The van der Waals surface area contributed by atoms with E-state index in [1.165, 1.54) is 23.5 Å². The Labute approximate surface area is 258 Å². The van der Waals surface area contributed by atoms with E-state index in [9.17, 15) is 9.32 Å². The Kier molecular flexibility index (Phi) is 22.4. The Hall–Kier alpha value is -3.09. The first-order chi connectivity index (χ1) is 21.1. The number of halogens is 1. The highest BCUT2D eigenvalue weighted by atomic mass is 32.2. The molecule has 1 N–H and O–H groups in total. The zero-order valence-electron chi connectivity index (χ0n) is 24.6. The van der Waals surface area contributed by atoms with Crippen LogP contribution < -0.4 is 5.32 Å². The largest absolute Gasteiger partial charge is 0.411 e. The van der Waals surface area contributed by atoms with Crippen molar-refractivity contribution in [3.05, 3.63) is 18.2 Å². The highest BCUT2D eigenvalue weighted by molar-refractivity contribution is 7.98. The Morgan fingerprint density at radius 1 is 0.767 bits per heavy atom. The molecule has 240 valence electrons. The van der Waals surface area contributed by atoms with Crippen molar-refractivity contribution >= 4 is 42.0 Å². The zero-order valence-corrected chi connectivity index (χ0v) is 26.2. The molecule has 3 rings (SSSR count). The molecule has 2 aromatic heterocycles. The maximum Gasteiger partial charge on any atom is 0.337 e. The third kappa shape index (κ3) is 17.0. The number of hydrogen-bond donors (Lipinski definition) is 1. The molecule has 0 spiro atoms. The molecular formula is C26H38FN5O9S2. The fourth-order valence-electron chi connectivity index (χ4n) is 2.87. The fourth-order valence-corrected chi connectivity index (χ4v) is 3.44. The van der Waals surface area contributed by atoms with E-state index in [0.29, 0.717) is 74.9 Å². The minimum Gasteiger partial charge on any atom is -0.411 e. The van der Waals surface area contributed by atoms with Gasteiger partial charge < -0.3 is 37.9 Å². The third-order valence-electron chi connectivity index (χ3n) is 4.76. The Balaban J connectivity index is 0.000000395. The molecule has 0 saturated heterocycles. The van der Waals surface area contributed by atoms with Crippen LogP contribution in [-0.2, 0) is 33.5 Å². The topological polar surface area (TPSA) is 170 Å². The Morgan fingerprint density at radius 3 is 1.56 bits per heavy atom. The molecular weight excluding hydrogens is 609 g/mol. The van der Waals surface area contributed by atoms with E-state index in [0.717, 1.165) is 36.1 Å². The van der Waals surface area contributed by atoms with Gasteiger partial charge in [-0.15, -0.1) is 20.4 Å². The molecule has 0 fully saturated rings. The second-order valence-corrected chi connectivity index (χ2v) is 9.31. The summed E-state index contributed by atoms with van der Waals surface area (Å²) in [5, 5.41) is 20.2. The van der Waals surface area contributed by atoms with Gasteiger partial charge >= 0.3 is 6.47 Å². The Bertz CT molecular complexity index is 1080. The lowest BCUT2D eigenvalue weighted by Gasteiger charge is -2.06. The monoisotopic (exact) mass is 647 g/mol. The lowest BCUT2D eigenvalue weighted by atomic mass is 10.1. The average molecular weight is 648 g/mol. The number of benzene rings is 1. The SMILES string of the molecule is CCCOCCOCCOCCOCCC=O.CNc1cc(-c2nnc(SC)o2)cc(-c2nnc(SC)o2)c1.O=COF. The van der Waals surface area contributed by atoms with E-state index in [-0.39, 0.29) is 6.47 Å². The van der Waals surface area contributed by atoms with Crippen LogP contribution in [0.1, 0.15) is 19.8 Å². The molecule has 1 aromatic carbocycles. The smallest absolute Gasteiger partial charge is 0.337 e. The summed E-state index contributed by atoms with van der Waals surface area (Å²) < 4.78 is 41.9. The number of rotatable bonds is 20. The van der Waals surface area contributed by atoms with Gasteiger partial charge in [0.05, 0.1) is 46.2 Å². The summed E-state index contributed by atoms with van der Waals surface area (Å²) in [6.45, 7) is 6.49. The highest BCUT2D eigenvalue weighted by Gasteiger charge is 2.14. The van der Waals surface area contributed by atoms with Crippen molar-refractivity contribution in [2.24, 2.45) is 0 Å². The number of hydrogen-bond acceptors (Lipinski definition) is 16. The summed E-state index contributed by atoms with van der Waals surface area (Å²) in [7, 11) is 1.84. The summed E-state index contributed by atoms with van der Waals surface area (Å²) in [6.07, 6.45) is 6.09. The molecule has 0 bridgehead atoms. The third-order valence-corrected chi connectivity index (χ3v) is 5.79. The average Bonchev–Trinajstić information content (AvgIpc) is 3.74. The van der Waals surface area contributed by atoms with E-state index in [2.05, 4.69) is 37.6 Å². The summed E-state index contributed by atoms with van der Waals surface area (Å²) in [5.74, 6) is 0.902. The zero-order chi connectivity index (χ0) is 31.5. The lowest BCUT2D eigenvalue weighted by Crippen LogP contribution is -2.12. The van der Waals surface area contributed by atoms with Crippen LogP contribution >= 0.6 is 23.5 Å². The first-order valence-corrected chi connectivity index (χ1v) is 15.6. The van der Waals surface area contributed by atoms with Crippen LogP contribution in [0.5, 0.6) is 0 Å². The van der Waals surface area contributed by atoms with Crippen LogP contribution in [0.2, 0.25) is 0 Å². The molecule has 43 heavy (non-hydrogen) atoms. The minimum atomic E-state index is -0.292. The summed E-state index contributed by atoms with van der Waals surface area (Å²) >= 11 is 2.80. The molecule has 0 aliphatic rings. The maximum atomic E-state index is 9.97. The standard InChI is InChI=1S/C13H13N5O2S2.C12H24O5.CHFO2/c1-14-9-5-7(10-15-17-12(19-10)21-2)4-8(6-9)11-16-18-13(20-11)22-3;1-2-5-14-7-9-16-11-12-17-10-8-15-6-3-4-13;2-4-1-3/h4-6,14H,1-3H3;4H,2-3,5-12H2,1H3;1H. The normalized spacial score (nSPS) is 10.3. The van der Waals surface area contributed by atoms with E-state index in [4.69, 9.17) is 32.6 Å². The molecule has 0 radical (unpaired) electrons. The van der Waals surface area contributed by atoms with Crippen LogP contribution in [0.3, 0.4) is 0 Å². The van der Waals surface area contributed by atoms with E-state index in [1.54, 1.807) is 0 Å². The first-order valence-electron chi connectivity index (χ1n) is 13.1. The van der Waals surface area contributed by atoms with Crippen molar-refractivity contribution < 1.29 is 46.8 Å². The van der Waals surface area contributed by atoms with E-state index in [1.807, 2.05) is 37.8 Å². The van der Waals surface area contributed by atoms with Crippen LogP contribution in [0.4, 0.5) is 10.2 Å². The highest BCUT2D eigenvalue weighted by Crippen LogP contribution is 2.31. The number of anilines is 1. The van der Waals surface area contributed by atoms with Crippen molar-refractivity contribution in [3.63, 3.8) is 0 Å². The number of nitrogens with one attached hydrogen (secondary N) is 1. The van der Waals surface area contributed by atoms with Gasteiger partial charge in [0, 0.05) is 41.4 Å². The number of aromatic nitrogens is 4. The van der Waals surface area contributed by atoms with Gasteiger partial charge in [0.1, 0.15) is 6.29 Å². The van der Waals surface area contributed by atoms with Gasteiger partial charge in [0.25, 0.3) is 10.4 Å². The van der Waals surface area contributed by atoms with E-state index < -0.39 is 0 Å². The molecule has 0 unspecified atom stereocenters. The number of carbonyl (C=O) groups excluding carboxylic acids is 2. The van der Waals surface area contributed by atoms with Gasteiger partial charge in [-0.3, -0.25) is 9.74 Å². The molecule has 3 aromatic rings. The molecule has 0 aliphatic carbocycles. The van der Waals surface area contributed by atoms with Gasteiger partial charge in [-0.2, -0.15) is 0 Å². The quantitative estimate of drug-likeness (QED) is 0.104. The lowest BCUT2D eigenvalue weighted by molar-refractivity contribution is -0.165.